The number of hydrogen-bond donors (Lipinski definition) is 0. The second kappa shape index (κ2) is 6.87. The first-order valence-electron chi connectivity index (χ1n) is 6.06. The van der Waals surface area contributed by atoms with Crippen molar-refractivity contribution < 1.29 is 9.53 Å². The molecule has 0 bridgehead atoms. The number of carbonyl (C=O) groups excluding carboxylic acids is 1. The molecule has 0 aliphatic rings. The molecule has 110 valence electrons. The standard InChI is InChI=1S/C14H13BrClN3O2/c1-19(14(20)11-6-18-13(16)7-17-11)8-9-5-10(15)3-4-12(9)21-2/h3-7H,8H2,1-2H3. The highest BCUT2D eigenvalue weighted by atomic mass is 79.9. The summed E-state index contributed by atoms with van der Waals surface area (Å²) in [4.78, 5) is 21.7. The van der Waals surface area contributed by atoms with Crippen LogP contribution in [0.4, 0.5) is 0 Å². The number of nitrogens with zero attached hydrogens (tertiary/aromatic N) is 3. The predicted octanol–water partition coefficient (Wildman–Crippen LogP) is 3.17. The molecule has 0 saturated carbocycles. The van der Waals surface area contributed by atoms with Crippen molar-refractivity contribution in [2.45, 2.75) is 6.54 Å². The second-order valence-electron chi connectivity index (χ2n) is 4.34. The molecule has 0 unspecified atom stereocenters. The van der Waals surface area contributed by atoms with E-state index in [4.69, 9.17) is 16.3 Å². The van der Waals surface area contributed by atoms with Crippen molar-refractivity contribution in [1.29, 1.82) is 0 Å². The minimum Gasteiger partial charge on any atom is -0.496 e. The van der Waals surface area contributed by atoms with Gasteiger partial charge in [-0.3, -0.25) is 4.79 Å². The van der Waals surface area contributed by atoms with Crippen molar-refractivity contribution in [1.82, 2.24) is 14.9 Å². The topological polar surface area (TPSA) is 55.3 Å². The number of carbonyl (C=O) groups is 1. The van der Waals surface area contributed by atoms with E-state index < -0.39 is 0 Å². The lowest BCUT2D eigenvalue weighted by Crippen LogP contribution is -2.27. The van der Waals surface area contributed by atoms with Gasteiger partial charge in [-0.1, -0.05) is 27.5 Å². The van der Waals surface area contributed by atoms with Crippen LogP contribution < -0.4 is 4.74 Å². The molecule has 0 saturated heterocycles. The first kappa shape index (κ1) is 15.7. The van der Waals surface area contributed by atoms with Crippen LogP contribution in [0.5, 0.6) is 5.75 Å². The first-order chi connectivity index (χ1) is 10.0. The molecule has 1 heterocycles. The normalized spacial score (nSPS) is 10.3. The Labute approximate surface area is 136 Å². The van der Waals surface area contributed by atoms with E-state index in [-0.39, 0.29) is 16.8 Å². The molecule has 1 aromatic heterocycles. The van der Waals surface area contributed by atoms with Crippen LogP contribution in [0.3, 0.4) is 0 Å². The van der Waals surface area contributed by atoms with Crippen LogP contribution >= 0.6 is 27.5 Å². The Morgan fingerprint density at radius 2 is 2.14 bits per heavy atom. The number of halogens is 2. The Hall–Kier alpha value is -1.66. The zero-order valence-electron chi connectivity index (χ0n) is 11.5. The lowest BCUT2D eigenvalue weighted by Gasteiger charge is -2.18. The third-order valence-corrected chi connectivity index (χ3v) is 3.52. The number of hydrogen-bond acceptors (Lipinski definition) is 4. The van der Waals surface area contributed by atoms with E-state index in [0.717, 1.165) is 15.8 Å². The van der Waals surface area contributed by atoms with E-state index in [1.54, 1.807) is 19.1 Å². The maximum absolute atomic E-state index is 12.3. The van der Waals surface area contributed by atoms with Gasteiger partial charge in [0.05, 0.1) is 19.5 Å². The van der Waals surface area contributed by atoms with E-state index in [0.29, 0.717) is 6.54 Å². The molecule has 0 spiro atoms. The molecule has 0 atom stereocenters. The number of aromatic nitrogens is 2. The monoisotopic (exact) mass is 369 g/mol. The predicted molar refractivity (Wildman–Crippen MR) is 83.5 cm³/mol. The Morgan fingerprint density at radius 3 is 2.76 bits per heavy atom. The third kappa shape index (κ3) is 3.92. The fraction of sp³-hybridized carbons (Fsp3) is 0.214. The summed E-state index contributed by atoms with van der Waals surface area (Å²) < 4.78 is 6.22. The molecule has 7 heteroatoms. The van der Waals surface area contributed by atoms with Gasteiger partial charge in [-0.05, 0) is 18.2 Å². The van der Waals surface area contributed by atoms with E-state index in [2.05, 4.69) is 25.9 Å². The van der Waals surface area contributed by atoms with Crippen molar-refractivity contribution >= 4 is 33.4 Å². The quantitative estimate of drug-likeness (QED) is 0.829. The third-order valence-electron chi connectivity index (χ3n) is 2.84. The fourth-order valence-electron chi connectivity index (χ4n) is 1.82. The molecule has 1 amide bonds. The molecule has 2 aromatic rings. The molecule has 1 aromatic carbocycles. The molecule has 0 N–H and O–H groups in total. The Bertz CT molecular complexity index is 649. The highest BCUT2D eigenvalue weighted by molar-refractivity contribution is 9.10. The molecule has 0 radical (unpaired) electrons. The molecule has 21 heavy (non-hydrogen) atoms. The van der Waals surface area contributed by atoms with Crippen LogP contribution in [0.25, 0.3) is 0 Å². The zero-order chi connectivity index (χ0) is 15.4. The minimum atomic E-state index is -0.235. The summed E-state index contributed by atoms with van der Waals surface area (Å²) >= 11 is 9.07. The summed E-state index contributed by atoms with van der Waals surface area (Å²) in [5, 5.41) is 0.253. The second-order valence-corrected chi connectivity index (χ2v) is 5.64. The Kier molecular flexibility index (Phi) is 5.14. The zero-order valence-corrected chi connectivity index (χ0v) is 13.8. The van der Waals surface area contributed by atoms with E-state index in [1.165, 1.54) is 12.4 Å². The maximum atomic E-state index is 12.3. The summed E-state index contributed by atoms with van der Waals surface area (Å²) in [6, 6.07) is 5.64. The van der Waals surface area contributed by atoms with Gasteiger partial charge in [-0.15, -0.1) is 0 Å². The van der Waals surface area contributed by atoms with Gasteiger partial charge < -0.3 is 9.64 Å². The largest absolute Gasteiger partial charge is 0.496 e. The highest BCUT2D eigenvalue weighted by Crippen LogP contribution is 2.24. The number of benzene rings is 1. The van der Waals surface area contributed by atoms with Crippen molar-refractivity contribution in [3.8, 4) is 5.75 Å². The molecule has 5 nitrogen and oxygen atoms in total. The molecule has 0 aliphatic carbocycles. The van der Waals surface area contributed by atoms with Gasteiger partial charge >= 0.3 is 0 Å². The number of rotatable bonds is 4. The van der Waals surface area contributed by atoms with Gasteiger partial charge in [0.25, 0.3) is 5.91 Å². The van der Waals surface area contributed by atoms with E-state index in [9.17, 15) is 4.79 Å². The minimum absolute atomic E-state index is 0.235. The van der Waals surface area contributed by atoms with Gasteiger partial charge in [0.2, 0.25) is 0 Å². The number of ether oxygens (including phenoxy) is 1. The van der Waals surface area contributed by atoms with Gasteiger partial charge in [-0.25, -0.2) is 9.97 Å². The van der Waals surface area contributed by atoms with Gasteiger partial charge in [0, 0.05) is 23.6 Å². The molecule has 0 fully saturated rings. The highest BCUT2D eigenvalue weighted by Gasteiger charge is 2.16. The van der Waals surface area contributed by atoms with Crippen molar-refractivity contribution in [2.24, 2.45) is 0 Å². The lowest BCUT2D eigenvalue weighted by atomic mass is 10.2. The molecular weight excluding hydrogens is 358 g/mol. The van der Waals surface area contributed by atoms with E-state index in [1.807, 2.05) is 18.2 Å². The fourth-order valence-corrected chi connectivity index (χ4v) is 2.32. The van der Waals surface area contributed by atoms with Crippen molar-refractivity contribution in [2.75, 3.05) is 14.2 Å². The number of methoxy groups -OCH3 is 1. The van der Waals surface area contributed by atoms with Gasteiger partial charge in [0.15, 0.2) is 0 Å². The van der Waals surface area contributed by atoms with Crippen LogP contribution in [0.1, 0.15) is 16.1 Å². The average molecular weight is 371 g/mol. The molecule has 2 rings (SSSR count). The maximum Gasteiger partial charge on any atom is 0.274 e. The van der Waals surface area contributed by atoms with Gasteiger partial charge in [0.1, 0.15) is 16.6 Å². The first-order valence-corrected chi connectivity index (χ1v) is 7.24. The van der Waals surface area contributed by atoms with Crippen LogP contribution in [-0.4, -0.2) is 34.9 Å². The lowest BCUT2D eigenvalue weighted by molar-refractivity contribution is 0.0778. The average Bonchev–Trinajstić information content (AvgIpc) is 2.47. The Balaban J connectivity index is 2.17. The summed E-state index contributed by atoms with van der Waals surface area (Å²) in [7, 11) is 3.29. The summed E-state index contributed by atoms with van der Waals surface area (Å²) in [6.07, 6.45) is 2.71. The molecule has 0 aliphatic heterocycles. The summed E-state index contributed by atoms with van der Waals surface area (Å²) in [5.41, 5.74) is 1.14. The van der Waals surface area contributed by atoms with Crippen LogP contribution in [0.15, 0.2) is 35.1 Å². The van der Waals surface area contributed by atoms with Crippen molar-refractivity contribution in [3.63, 3.8) is 0 Å². The summed E-state index contributed by atoms with van der Waals surface area (Å²) in [6.45, 7) is 0.395. The molecular formula is C14H13BrClN3O2. The smallest absolute Gasteiger partial charge is 0.274 e. The van der Waals surface area contributed by atoms with Crippen LogP contribution in [0, 0.1) is 0 Å². The van der Waals surface area contributed by atoms with E-state index >= 15 is 0 Å². The van der Waals surface area contributed by atoms with Crippen molar-refractivity contribution in [3.05, 3.63) is 51.5 Å². The van der Waals surface area contributed by atoms with Gasteiger partial charge in [-0.2, -0.15) is 0 Å². The SMILES string of the molecule is COc1ccc(Br)cc1CN(C)C(=O)c1cnc(Cl)cn1. The van der Waals surface area contributed by atoms with Crippen LogP contribution in [0.2, 0.25) is 5.15 Å². The number of amides is 1. The Morgan fingerprint density at radius 1 is 1.38 bits per heavy atom. The van der Waals surface area contributed by atoms with Crippen LogP contribution in [-0.2, 0) is 6.54 Å². The summed E-state index contributed by atoms with van der Waals surface area (Å²) in [5.74, 6) is 0.487.